The molecule has 1 aliphatic heterocycles. The summed E-state index contributed by atoms with van der Waals surface area (Å²) in [7, 11) is 0. The fraction of sp³-hybridized carbons (Fsp3) is 0.444. The van der Waals surface area contributed by atoms with Gasteiger partial charge in [0.2, 0.25) is 5.91 Å². The summed E-state index contributed by atoms with van der Waals surface area (Å²) in [4.78, 5) is 41.5. The van der Waals surface area contributed by atoms with Gasteiger partial charge in [-0.3, -0.25) is 14.5 Å². The summed E-state index contributed by atoms with van der Waals surface area (Å²) in [5, 5.41) is 9.12. The first-order valence-electron chi connectivity index (χ1n) is 12.2. The van der Waals surface area contributed by atoms with E-state index >= 15 is 0 Å². The lowest BCUT2D eigenvalue weighted by atomic mass is 9.81. The average Bonchev–Trinajstić information content (AvgIpc) is 3.57. The van der Waals surface area contributed by atoms with Crippen LogP contribution in [-0.2, 0) is 20.9 Å². The lowest BCUT2D eigenvalue weighted by Gasteiger charge is -2.47. The van der Waals surface area contributed by atoms with E-state index in [0.717, 1.165) is 48.9 Å². The van der Waals surface area contributed by atoms with Crippen LogP contribution in [0.2, 0.25) is 0 Å². The van der Waals surface area contributed by atoms with Crippen LogP contribution in [0.1, 0.15) is 62.1 Å². The zero-order valence-corrected chi connectivity index (χ0v) is 19.1. The number of rotatable bonds is 7. The molecule has 7 nitrogen and oxygen atoms in total. The van der Waals surface area contributed by atoms with Crippen LogP contribution in [-0.4, -0.2) is 40.1 Å². The number of carbonyl (C=O) groups excluding carboxylic acids is 2. The third kappa shape index (κ3) is 4.39. The molecule has 7 heteroatoms. The topological polar surface area (TPSA) is 87.2 Å². The van der Waals surface area contributed by atoms with Crippen LogP contribution in [0, 0.1) is 5.92 Å². The number of hydrogen-bond donors (Lipinski definition) is 1. The van der Waals surface area contributed by atoms with Crippen LogP contribution in [0.15, 0.2) is 54.6 Å². The summed E-state index contributed by atoms with van der Waals surface area (Å²) < 4.78 is 5.74. The standard InChI is InChI=1S/C27H30N2O5/c30-24(15-16-25(31)32)28(19-13-14-19)26-20-9-4-5-11-22(20)29(23-12-6-10-21(23)26)27(33)34-17-18-7-2-1-3-8-18/h1-5,7-9,11,19,21,23,26H,6,10,12-17H2,(H,31,32)/t21-,23+,26-/m0/s1. The lowest BCUT2D eigenvalue weighted by molar-refractivity contribution is -0.142. The Morgan fingerprint density at radius 1 is 0.941 bits per heavy atom. The summed E-state index contributed by atoms with van der Waals surface area (Å²) in [6.07, 6.45) is 4.12. The molecule has 2 fully saturated rings. The van der Waals surface area contributed by atoms with E-state index in [0.29, 0.717) is 0 Å². The Labute approximate surface area is 199 Å². The maximum Gasteiger partial charge on any atom is 0.414 e. The molecule has 0 spiro atoms. The molecule has 178 valence electrons. The first-order valence-corrected chi connectivity index (χ1v) is 12.2. The number of benzene rings is 2. The number of para-hydroxylation sites is 1. The summed E-state index contributed by atoms with van der Waals surface area (Å²) in [6, 6.07) is 17.4. The SMILES string of the molecule is O=C(O)CCC(=O)N(C1CC1)[C@H]1c2ccccc2N(C(=O)OCc2ccccc2)[C@@H]2CCC[C@@H]21. The van der Waals surface area contributed by atoms with Crippen molar-refractivity contribution in [2.75, 3.05) is 4.90 Å². The smallest absolute Gasteiger partial charge is 0.414 e. The van der Waals surface area contributed by atoms with E-state index in [1.807, 2.05) is 59.5 Å². The molecule has 5 rings (SSSR count). The highest BCUT2D eigenvalue weighted by atomic mass is 16.6. The lowest BCUT2D eigenvalue weighted by Crippen LogP contribution is -2.53. The number of nitrogens with zero attached hydrogens (tertiary/aromatic N) is 2. The van der Waals surface area contributed by atoms with Gasteiger partial charge in [0, 0.05) is 24.4 Å². The molecule has 0 bridgehead atoms. The fourth-order valence-corrected chi connectivity index (χ4v) is 5.68. The van der Waals surface area contributed by atoms with E-state index in [1.54, 1.807) is 4.90 Å². The van der Waals surface area contributed by atoms with E-state index in [9.17, 15) is 14.4 Å². The molecule has 2 aromatic carbocycles. The molecule has 1 heterocycles. The molecule has 0 aromatic heterocycles. The third-order valence-electron chi connectivity index (χ3n) is 7.27. The van der Waals surface area contributed by atoms with Crippen molar-refractivity contribution in [1.29, 1.82) is 0 Å². The second-order valence-corrected chi connectivity index (χ2v) is 9.50. The van der Waals surface area contributed by atoms with E-state index in [2.05, 4.69) is 0 Å². The van der Waals surface area contributed by atoms with Crippen LogP contribution in [0.4, 0.5) is 10.5 Å². The predicted octanol–water partition coefficient (Wildman–Crippen LogP) is 4.91. The minimum absolute atomic E-state index is 0.00468. The van der Waals surface area contributed by atoms with Crippen molar-refractivity contribution in [2.24, 2.45) is 5.92 Å². The molecule has 3 atom stereocenters. The number of carboxylic acids is 1. The van der Waals surface area contributed by atoms with Gasteiger partial charge in [0.05, 0.1) is 18.2 Å². The molecule has 0 saturated heterocycles. The van der Waals surface area contributed by atoms with Crippen molar-refractivity contribution in [3.63, 3.8) is 0 Å². The second kappa shape index (κ2) is 9.49. The van der Waals surface area contributed by atoms with Gasteiger partial charge in [0.1, 0.15) is 6.61 Å². The fourth-order valence-electron chi connectivity index (χ4n) is 5.68. The number of carbonyl (C=O) groups is 3. The highest BCUT2D eigenvalue weighted by molar-refractivity contribution is 5.91. The molecule has 2 aliphatic carbocycles. The maximum absolute atomic E-state index is 13.4. The first-order chi connectivity index (χ1) is 16.5. The number of anilines is 1. The van der Waals surface area contributed by atoms with Crippen molar-refractivity contribution in [1.82, 2.24) is 4.90 Å². The minimum Gasteiger partial charge on any atom is -0.481 e. The van der Waals surface area contributed by atoms with Gasteiger partial charge in [-0.15, -0.1) is 0 Å². The summed E-state index contributed by atoms with van der Waals surface area (Å²) in [6.45, 7) is 0.209. The van der Waals surface area contributed by atoms with E-state index in [1.165, 1.54) is 0 Å². The van der Waals surface area contributed by atoms with E-state index < -0.39 is 5.97 Å². The van der Waals surface area contributed by atoms with Crippen LogP contribution < -0.4 is 4.90 Å². The Balaban J connectivity index is 1.46. The quantitative estimate of drug-likeness (QED) is 0.632. The van der Waals surface area contributed by atoms with Crippen molar-refractivity contribution >= 4 is 23.7 Å². The van der Waals surface area contributed by atoms with Crippen LogP contribution in [0.3, 0.4) is 0 Å². The number of aliphatic carboxylic acids is 1. The van der Waals surface area contributed by atoms with Crippen LogP contribution in [0.5, 0.6) is 0 Å². The molecular weight excluding hydrogens is 432 g/mol. The minimum atomic E-state index is -0.959. The Hall–Kier alpha value is -3.35. The Bertz CT molecular complexity index is 1070. The van der Waals surface area contributed by atoms with Gasteiger partial charge in [-0.25, -0.2) is 4.79 Å². The van der Waals surface area contributed by atoms with Gasteiger partial charge in [-0.05, 0) is 42.9 Å². The molecule has 2 saturated carbocycles. The van der Waals surface area contributed by atoms with Crippen molar-refractivity contribution in [3.8, 4) is 0 Å². The van der Waals surface area contributed by atoms with Gasteiger partial charge < -0.3 is 14.7 Å². The number of amides is 2. The normalized spacial score (nSPS) is 23.1. The summed E-state index contributed by atoms with van der Waals surface area (Å²) in [5.74, 6) is -0.955. The van der Waals surface area contributed by atoms with Gasteiger partial charge in [-0.1, -0.05) is 55.0 Å². The largest absolute Gasteiger partial charge is 0.481 e. The molecule has 34 heavy (non-hydrogen) atoms. The molecule has 2 aromatic rings. The predicted molar refractivity (Wildman–Crippen MR) is 126 cm³/mol. The molecule has 1 N–H and O–H groups in total. The highest BCUT2D eigenvalue weighted by Crippen LogP contribution is 2.52. The summed E-state index contributed by atoms with van der Waals surface area (Å²) in [5.41, 5.74) is 2.69. The Kier molecular flexibility index (Phi) is 6.26. The maximum atomic E-state index is 13.4. The number of carboxylic acid groups (broad SMARTS) is 1. The van der Waals surface area contributed by atoms with Crippen LogP contribution in [0.25, 0.3) is 0 Å². The first kappa shape index (κ1) is 22.4. The van der Waals surface area contributed by atoms with Crippen LogP contribution >= 0.6 is 0 Å². The van der Waals surface area contributed by atoms with E-state index in [4.69, 9.17) is 9.84 Å². The Morgan fingerprint density at radius 2 is 1.68 bits per heavy atom. The molecule has 0 radical (unpaired) electrons. The molecular formula is C27H30N2O5. The number of ether oxygens (including phenoxy) is 1. The van der Waals surface area contributed by atoms with E-state index in [-0.39, 0.29) is 55.5 Å². The molecule has 3 aliphatic rings. The molecule has 2 amide bonds. The van der Waals surface area contributed by atoms with Crippen molar-refractivity contribution < 1.29 is 24.2 Å². The van der Waals surface area contributed by atoms with Crippen molar-refractivity contribution in [3.05, 3.63) is 65.7 Å². The van der Waals surface area contributed by atoms with Gasteiger partial charge in [-0.2, -0.15) is 0 Å². The highest BCUT2D eigenvalue weighted by Gasteiger charge is 2.51. The van der Waals surface area contributed by atoms with Gasteiger partial charge in [0.15, 0.2) is 0 Å². The Morgan fingerprint density at radius 3 is 2.41 bits per heavy atom. The number of fused-ring (bicyclic) bond motifs is 2. The third-order valence-corrected chi connectivity index (χ3v) is 7.27. The zero-order chi connectivity index (χ0) is 23.7. The second-order valence-electron chi connectivity index (χ2n) is 9.50. The average molecular weight is 463 g/mol. The summed E-state index contributed by atoms with van der Waals surface area (Å²) >= 11 is 0. The molecule has 0 unspecified atom stereocenters. The zero-order valence-electron chi connectivity index (χ0n) is 19.1. The number of hydrogen-bond acceptors (Lipinski definition) is 4. The van der Waals surface area contributed by atoms with Crippen molar-refractivity contribution in [2.45, 2.75) is 69.7 Å². The van der Waals surface area contributed by atoms with Gasteiger partial charge in [0.25, 0.3) is 0 Å². The van der Waals surface area contributed by atoms with Gasteiger partial charge >= 0.3 is 12.1 Å². The monoisotopic (exact) mass is 462 g/mol.